The maximum Gasteiger partial charge on any atom is 0.461 e. The molecule has 0 heterocycles. The van der Waals surface area contributed by atoms with Crippen molar-refractivity contribution in [2.45, 2.75) is 12.5 Å². The van der Waals surface area contributed by atoms with Gasteiger partial charge in [-0.1, -0.05) is 0 Å². The highest BCUT2D eigenvalue weighted by atomic mass is 19.3. The molecule has 0 bridgehead atoms. The third-order valence-corrected chi connectivity index (χ3v) is 1.59. The number of carbonyl (C=O) groups excluding carboxylic acids is 1. The molecule has 0 unspecified atom stereocenters. The van der Waals surface area contributed by atoms with Crippen LogP contribution in [-0.2, 0) is 4.79 Å². The lowest BCUT2D eigenvalue weighted by atomic mass is 10.3. The van der Waals surface area contributed by atoms with Crippen LogP contribution >= 0.6 is 0 Å². The summed E-state index contributed by atoms with van der Waals surface area (Å²) >= 11 is 0. The van der Waals surface area contributed by atoms with Gasteiger partial charge < -0.3 is 4.74 Å². The number of aliphatic imine (C=N–C) groups is 1. The Labute approximate surface area is 91.5 Å². The second-order valence-corrected chi connectivity index (χ2v) is 2.78. The first-order chi connectivity index (χ1) is 7.86. The zero-order valence-corrected chi connectivity index (χ0v) is 7.96. The Morgan fingerprint density at radius 1 is 1.35 bits per heavy atom. The van der Waals surface area contributed by atoms with Gasteiger partial charge >= 0.3 is 12.5 Å². The summed E-state index contributed by atoms with van der Waals surface area (Å²) in [5, 5.41) is 0. The zero-order chi connectivity index (χ0) is 13.1. The van der Waals surface area contributed by atoms with Crippen LogP contribution in [0.2, 0.25) is 0 Å². The predicted molar refractivity (Wildman–Crippen MR) is 45.8 cm³/mol. The van der Waals surface area contributed by atoms with Crippen molar-refractivity contribution < 1.29 is 31.5 Å². The number of alkyl halides is 4. The summed E-state index contributed by atoms with van der Waals surface area (Å²) in [6, 6.07) is 2.00. The zero-order valence-electron chi connectivity index (χ0n) is 7.96. The van der Waals surface area contributed by atoms with Crippen molar-refractivity contribution in [3.63, 3.8) is 0 Å². The minimum atomic E-state index is -4.72. The number of halogens is 5. The van der Waals surface area contributed by atoms with Crippen LogP contribution in [0.25, 0.3) is 0 Å². The minimum absolute atomic E-state index is 0.409. The van der Waals surface area contributed by atoms with E-state index in [1.807, 2.05) is 0 Å². The second kappa shape index (κ2) is 4.92. The Hall–Kier alpha value is -1.95. The molecule has 0 atom stereocenters. The maximum absolute atomic E-state index is 13.0. The van der Waals surface area contributed by atoms with Crippen LogP contribution in [0.4, 0.5) is 27.6 Å². The highest BCUT2D eigenvalue weighted by Crippen LogP contribution is 2.30. The van der Waals surface area contributed by atoms with Gasteiger partial charge in [-0.25, -0.2) is 9.18 Å². The third kappa shape index (κ3) is 3.25. The summed E-state index contributed by atoms with van der Waals surface area (Å²) in [6.45, 7) is 0. The van der Waals surface area contributed by atoms with E-state index in [2.05, 4.69) is 9.73 Å². The van der Waals surface area contributed by atoms with Crippen LogP contribution in [0.5, 0.6) is 5.75 Å². The van der Waals surface area contributed by atoms with Gasteiger partial charge in [-0.15, -0.1) is 0 Å². The van der Waals surface area contributed by atoms with Gasteiger partial charge in [0.25, 0.3) is 0 Å². The number of rotatable bonds is 4. The molecular weight excluding hydrogens is 249 g/mol. The lowest BCUT2D eigenvalue weighted by Crippen LogP contribution is -2.33. The Morgan fingerprint density at radius 2 is 2.00 bits per heavy atom. The summed E-state index contributed by atoms with van der Waals surface area (Å²) in [4.78, 5) is 12.7. The van der Waals surface area contributed by atoms with Crippen LogP contribution in [-0.4, -0.2) is 18.6 Å². The average molecular weight is 253 g/mol. The summed E-state index contributed by atoms with van der Waals surface area (Å²) in [6.07, 6.45) is -7.73. The lowest BCUT2D eigenvalue weighted by Gasteiger charge is -2.16. The quantitative estimate of drug-likeness (QED) is 0.470. The van der Waals surface area contributed by atoms with Gasteiger partial charge in [0.1, 0.15) is 11.4 Å². The Balaban J connectivity index is 2.95. The summed E-state index contributed by atoms with van der Waals surface area (Å²) in [5.41, 5.74) is -0.465. The van der Waals surface area contributed by atoms with Gasteiger partial charge in [0.15, 0.2) is 5.82 Å². The molecule has 0 aliphatic carbocycles. The van der Waals surface area contributed by atoms with Crippen molar-refractivity contribution in [2.75, 3.05) is 0 Å². The molecule has 3 nitrogen and oxygen atoms in total. The number of ether oxygens (including phenoxy) is 1. The molecule has 0 aliphatic rings. The fraction of sp³-hybridized carbons (Fsp3) is 0.222. The van der Waals surface area contributed by atoms with Crippen molar-refractivity contribution in [2.24, 2.45) is 4.99 Å². The van der Waals surface area contributed by atoms with Gasteiger partial charge in [0.05, 0.1) is 0 Å². The molecule has 0 N–H and O–H groups in total. The van der Waals surface area contributed by atoms with E-state index in [0.717, 1.165) is 18.2 Å². The molecule has 0 fully saturated rings. The smallest absolute Gasteiger partial charge is 0.428 e. The topological polar surface area (TPSA) is 38.7 Å². The molecule has 0 aromatic heterocycles. The van der Waals surface area contributed by atoms with Crippen LogP contribution < -0.4 is 4.74 Å². The third-order valence-electron chi connectivity index (χ3n) is 1.59. The lowest BCUT2D eigenvalue weighted by molar-refractivity contribution is -0.253. The van der Waals surface area contributed by atoms with E-state index >= 15 is 0 Å². The van der Waals surface area contributed by atoms with Gasteiger partial charge in [-0.05, 0) is 12.1 Å². The first kappa shape index (κ1) is 13.1. The molecule has 0 spiro atoms. The van der Waals surface area contributed by atoms with Crippen molar-refractivity contribution in [3.05, 3.63) is 24.0 Å². The summed E-state index contributed by atoms with van der Waals surface area (Å²) < 4.78 is 65.0. The number of nitrogens with zero attached hydrogens (tertiary/aromatic N) is 1. The van der Waals surface area contributed by atoms with Gasteiger partial charge in [0.2, 0.25) is 6.08 Å². The first-order valence-electron chi connectivity index (χ1n) is 4.09. The molecule has 0 saturated carbocycles. The summed E-state index contributed by atoms with van der Waals surface area (Å²) in [7, 11) is 0. The van der Waals surface area contributed by atoms with E-state index in [4.69, 9.17) is 0 Å². The van der Waals surface area contributed by atoms with Crippen molar-refractivity contribution in [1.82, 2.24) is 0 Å². The van der Waals surface area contributed by atoms with E-state index < -0.39 is 29.8 Å². The van der Waals surface area contributed by atoms with Crippen LogP contribution in [0.1, 0.15) is 0 Å². The molecule has 92 valence electrons. The fourth-order valence-electron chi connectivity index (χ4n) is 0.893. The Morgan fingerprint density at radius 3 is 2.47 bits per heavy atom. The van der Waals surface area contributed by atoms with Gasteiger partial charge in [0, 0.05) is 6.07 Å². The van der Waals surface area contributed by atoms with Crippen molar-refractivity contribution in [3.8, 4) is 5.75 Å². The summed E-state index contributed by atoms with van der Waals surface area (Å²) in [5.74, 6) is -1.98. The van der Waals surface area contributed by atoms with Gasteiger partial charge in [-0.2, -0.15) is 22.6 Å². The van der Waals surface area contributed by atoms with Crippen molar-refractivity contribution in [1.29, 1.82) is 0 Å². The van der Waals surface area contributed by atoms with Crippen LogP contribution in [0.3, 0.4) is 0 Å². The van der Waals surface area contributed by atoms with E-state index in [0.29, 0.717) is 6.07 Å². The van der Waals surface area contributed by atoms with E-state index in [9.17, 15) is 26.7 Å². The monoisotopic (exact) mass is 253 g/mol. The largest absolute Gasteiger partial charge is 0.461 e. The van der Waals surface area contributed by atoms with Crippen LogP contribution in [0.15, 0.2) is 23.2 Å². The fourth-order valence-corrected chi connectivity index (χ4v) is 0.893. The van der Waals surface area contributed by atoms with Gasteiger partial charge in [-0.3, -0.25) is 0 Å². The molecule has 1 aromatic rings. The van der Waals surface area contributed by atoms with Crippen LogP contribution in [0, 0.1) is 5.82 Å². The normalized spacial score (nSPS) is 11.2. The molecular formula is C9H4F5NO2. The first-order valence-corrected chi connectivity index (χ1v) is 4.09. The SMILES string of the molecule is O=C=Nc1ccc(OC(F)(F)C(F)F)cc1F. The highest BCUT2D eigenvalue weighted by molar-refractivity contribution is 5.51. The second-order valence-electron chi connectivity index (χ2n) is 2.78. The molecule has 1 aromatic carbocycles. The molecule has 0 saturated heterocycles. The molecule has 1 rings (SSSR count). The molecule has 8 heteroatoms. The number of benzene rings is 1. The number of hydrogen-bond donors (Lipinski definition) is 0. The number of isocyanates is 1. The molecule has 0 aliphatic heterocycles. The van der Waals surface area contributed by atoms with Crippen molar-refractivity contribution >= 4 is 11.8 Å². The molecule has 0 radical (unpaired) electrons. The average Bonchev–Trinajstić information content (AvgIpc) is 2.21. The maximum atomic E-state index is 13.0. The van der Waals surface area contributed by atoms with E-state index in [1.54, 1.807) is 0 Å². The standard InChI is InChI=1S/C9H4F5NO2/c10-6-3-5(1-2-7(6)15-4-16)17-9(13,14)8(11)12/h1-3,8H. The Kier molecular flexibility index (Phi) is 3.80. The highest BCUT2D eigenvalue weighted by Gasteiger charge is 2.44. The molecule has 17 heavy (non-hydrogen) atoms. The molecule has 0 amide bonds. The minimum Gasteiger partial charge on any atom is -0.428 e. The predicted octanol–water partition coefficient (Wildman–Crippen LogP) is 3.03. The number of hydrogen-bond acceptors (Lipinski definition) is 3. The van der Waals surface area contributed by atoms with E-state index in [-0.39, 0.29) is 0 Å². The van der Waals surface area contributed by atoms with E-state index in [1.165, 1.54) is 0 Å². The Bertz CT molecular complexity index is 457.